The Hall–Kier alpha value is -2.46. The molecule has 10 heteroatoms. The fraction of sp³-hybridized carbons (Fsp3) is 0.294. The van der Waals surface area contributed by atoms with Gasteiger partial charge in [-0.1, -0.05) is 6.08 Å². The van der Waals surface area contributed by atoms with E-state index in [4.69, 9.17) is 0 Å². The lowest BCUT2D eigenvalue weighted by Gasteiger charge is -2.27. The standard InChI is InChI=1S/C17H15F3N4O2S/c18-17(19,20)10-27(25,26)24-7-1-2-11(9-24)12-3-5-21-14-8-23-16-13(15(12)14)4-6-22-16/h2-6,8H,1,7,9-10H2,(H,22,23). The van der Waals surface area contributed by atoms with Crippen LogP contribution in [0.3, 0.4) is 0 Å². The fourth-order valence-electron chi connectivity index (χ4n) is 3.37. The number of fused-ring (bicyclic) bond motifs is 3. The number of sulfonamides is 1. The lowest BCUT2D eigenvalue weighted by molar-refractivity contribution is -0.107. The second-order valence-corrected chi connectivity index (χ2v) is 8.31. The van der Waals surface area contributed by atoms with Crippen LogP contribution in [0.15, 0.2) is 36.8 Å². The molecule has 3 aromatic heterocycles. The number of nitrogens with zero attached hydrogens (tertiary/aromatic N) is 3. The molecule has 4 heterocycles. The summed E-state index contributed by atoms with van der Waals surface area (Å²) in [4.78, 5) is 11.6. The van der Waals surface area contributed by atoms with Crippen molar-refractivity contribution in [1.29, 1.82) is 0 Å². The Morgan fingerprint density at radius 3 is 2.81 bits per heavy atom. The number of hydrogen-bond acceptors (Lipinski definition) is 4. The minimum Gasteiger partial charge on any atom is -0.346 e. The molecule has 0 aromatic carbocycles. The summed E-state index contributed by atoms with van der Waals surface area (Å²) < 4.78 is 63.1. The van der Waals surface area contributed by atoms with E-state index in [-0.39, 0.29) is 13.1 Å². The molecule has 3 aromatic rings. The van der Waals surface area contributed by atoms with Gasteiger partial charge in [0.1, 0.15) is 5.65 Å². The molecular weight excluding hydrogens is 381 g/mol. The van der Waals surface area contributed by atoms with Crippen molar-refractivity contribution >= 4 is 37.5 Å². The molecule has 4 rings (SSSR count). The molecule has 1 aliphatic heterocycles. The average Bonchev–Trinajstić information content (AvgIpc) is 3.08. The van der Waals surface area contributed by atoms with Gasteiger partial charge < -0.3 is 4.98 Å². The average molecular weight is 396 g/mol. The zero-order valence-corrected chi connectivity index (χ0v) is 14.8. The lowest BCUT2D eigenvalue weighted by Crippen LogP contribution is -2.40. The molecule has 1 aliphatic rings. The summed E-state index contributed by atoms with van der Waals surface area (Å²) in [5, 5.41) is 1.62. The van der Waals surface area contributed by atoms with Gasteiger partial charge >= 0.3 is 6.18 Å². The summed E-state index contributed by atoms with van der Waals surface area (Å²) in [7, 11) is -4.43. The highest BCUT2D eigenvalue weighted by atomic mass is 32.2. The Labute approximate surface area is 152 Å². The monoisotopic (exact) mass is 396 g/mol. The van der Waals surface area contributed by atoms with Crippen LogP contribution in [0, 0.1) is 0 Å². The molecule has 0 atom stereocenters. The van der Waals surface area contributed by atoms with Crippen molar-refractivity contribution in [2.45, 2.75) is 12.6 Å². The van der Waals surface area contributed by atoms with Crippen molar-refractivity contribution in [2.75, 3.05) is 18.8 Å². The molecule has 0 aliphatic carbocycles. The summed E-state index contributed by atoms with van der Waals surface area (Å²) in [6, 6.07) is 3.60. The zero-order valence-electron chi connectivity index (χ0n) is 14.0. The molecule has 0 spiro atoms. The second-order valence-electron chi connectivity index (χ2n) is 6.34. The first-order valence-electron chi connectivity index (χ1n) is 8.19. The summed E-state index contributed by atoms with van der Waals surface area (Å²) in [6.45, 7) is -0.0716. The van der Waals surface area contributed by atoms with Gasteiger partial charge in [0, 0.05) is 36.3 Å². The number of nitrogens with one attached hydrogen (secondary N) is 1. The third kappa shape index (κ3) is 3.42. The van der Waals surface area contributed by atoms with Gasteiger partial charge in [0.2, 0.25) is 10.0 Å². The van der Waals surface area contributed by atoms with Gasteiger partial charge in [-0.05, 0) is 29.7 Å². The Morgan fingerprint density at radius 2 is 2.04 bits per heavy atom. The maximum absolute atomic E-state index is 12.6. The van der Waals surface area contributed by atoms with E-state index in [1.807, 2.05) is 12.1 Å². The van der Waals surface area contributed by atoms with Gasteiger partial charge in [-0.2, -0.15) is 17.5 Å². The molecule has 0 bridgehead atoms. The first-order chi connectivity index (χ1) is 12.7. The minimum atomic E-state index is -4.77. The van der Waals surface area contributed by atoms with Crippen LogP contribution in [-0.4, -0.2) is 52.7 Å². The zero-order chi connectivity index (χ0) is 19.2. The molecule has 142 valence electrons. The number of rotatable bonds is 3. The van der Waals surface area contributed by atoms with Crippen LogP contribution in [0.2, 0.25) is 0 Å². The number of halogens is 3. The third-order valence-corrected chi connectivity index (χ3v) is 6.28. The first kappa shape index (κ1) is 17.9. The number of aromatic amines is 1. The van der Waals surface area contributed by atoms with Gasteiger partial charge in [0.05, 0.1) is 11.7 Å². The Balaban J connectivity index is 1.76. The molecule has 0 amide bonds. The predicted molar refractivity (Wildman–Crippen MR) is 95.4 cm³/mol. The third-order valence-electron chi connectivity index (χ3n) is 4.49. The summed E-state index contributed by atoms with van der Waals surface area (Å²) in [5.74, 6) is -1.85. The molecule has 0 unspecified atom stereocenters. The van der Waals surface area contributed by atoms with E-state index in [1.165, 1.54) is 0 Å². The van der Waals surface area contributed by atoms with Crippen molar-refractivity contribution in [1.82, 2.24) is 19.3 Å². The van der Waals surface area contributed by atoms with Crippen LogP contribution in [0.1, 0.15) is 12.0 Å². The minimum absolute atomic E-state index is 0.0338. The normalized spacial score (nSPS) is 16.8. The highest BCUT2D eigenvalue weighted by Crippen LogP contribution is 2.32. The van der Waals surface area contributed by atoms with Crippen molar-refractivity contribution in [3.8, 4) is 0 Å². The van der Waals surface area contributed by atoms with Crippen LogP contribution in [0.25, 0.3) is 27.5 Å². The maximum Gasteiger partial charge on any atom is 0.404 e. The number of hydrogen-bond donors (Lipinski definition) is 1. The summed E-state index contributed by atoms with van der Waals surface area (Å²) in [6.07, 6.45) is 2.38. The van der Waals surface area contributed by atoms with Gasteiger partial charge in [-0.15, -0.1) is 0 Å². The van der Waals surface area contributed by atoms with E-state index in [9.17, 15) is 21.6 Å². The number of aromatic nitrogens is 3. The van der Waals surface area contributed by atoms with Crippen LogP contribution < -0.4 is 0 Å². The van der Waals surface area contributed by atoms with E-state index < -0.39 is 22.0 Å². The predicted octanol–water partition coefficient (Wildman–Crippen LogP) is 3.09. The van der Waals surface area contributed by atoms with Gasteiger partial charge in [-0.3, -0.25) is 4.98 Å². The summed E-state index contributed by atoms with van der Waals surface area (Å²) >= 11 is 0. The molecule has 6 nitrogen and oxygen atoms in total. The molecule has 27 heavy (non-hydrogen) atoms. The van der Waals surface area contributed by atoms with Crippen molar-refractivity contribution in [2.24, 2.45) is 0 Å². The number of alkyl halides is 3. The van der Waals surface area contributed by atoms with Gasteiger partial charge in [0.25, 0.3) is 0 Å². The second kappa shape index (κ2) is 6.31. The number of H-pyrrole nitrogens is 1. The van der Waals surface area contributed by atoms with E-state index in [1.54, 1.807) is 24.7 Å². The van der Waals surface area contributed by atoms with E-state index in [0.717, 1.165) is 20.6 Å². The quantitative estimate of drug-likeness (QED) is 0.738. The lowest BCUT2D eigenvalue weighted by atomic mass is 9.98. The Morgan fingerprint density at radius 1 is 1.22 bits per heavy atom. The molecule has 0 radical (unpaired) electrons. The number of pyridine rings is 2. The molecule has 1 N–H and O–H groups in total. The van der Waals surface area contributed by atoms with Crippen LogP contribution >= 0.6 is 0 Å². The van der Waals surface area contributed by atoms with Crippen LogP contribution in [0.4, 0.5) is 13.2 Å². The van der Waals surface area contributed by atoms with Gasteiger partial charge in [0.15, 0.2) is 5.75 Å². The summed E-state index contributed by atoms with van der Waals surface area (Å²) in [5.41, 5.74) is 2.71. The van der Waals surface area contributed by atoms with Crippen molar-refractivity contribution in [3.63, 3.8) is 0 Å². The highest BCUT2D eigenvalue weighted by molar-refractivity contribution is 7.89. The molecule has 0 saturated carbocycles. The highest BCUT2D eigenvalue weighted by Gasteiger charge is 2.39. The SMILES string of the molecule is O=S(=O)(CC(F)(F)F)N1CCC=C(c2ccnc3cnc4[nH]ccc4c23)C1. The molecular formula is C17H15F3N4O2S. The molecule has 0 saturated heterocycles. The van der Waals surface area contributed by atoms with Crippen molar-refractivity contribution < 1.29 is 21.6 Å². The van der Waals surface area contributed by atoms with Crippen LogP contribution in [-0.2, 0) is 10.0 Å². The van der Waals surface area contributed by atoms with Gasteiger partial charge in [-0.25, -0.2) is 13.4 Å². The topological polar surface area (TPSA) is 79.0 Å². The van der Waals surface area contributed by atoms with Crippen molar-refractivity contribution in [3.05, 3.63) is 42.4 Å². The molecule has 0 fully saturated rings. The Kier molecular flexibility index (Phi) is 4.19. The first-order valence-corrected chi connectivity index (χ1v) is 9.80. The largest absolute Gasteiger partial charge is 0.404 e. The fourth-order valence-corrected chi connectivity index (χ4v) is 4.68. The van der Waals surface area contributed by atoms with E-state index >= 15 is 0 Å². The smallest absolute Gasteiger partial charge is 0.346 e. The maximum atomic E-state index is 12.6. The van der Waals surface area contributed by atoms with E-state index in [0.29, 0.717) is 23.2 Å². The van der Waals surface area contributed by atoms with E-state index in [2.05, 4.69) is 15.0 Å². The van der Waals surface area contributed by atoms with Crippen LogP contribution in [0.5, 0.6) is 0 Å². The Bertz CT molecular complexity index is 1150.